The van der Waals surface area contributed by atoms with Gasteiger partial charge < -0.3 is 0 Å². The highest BCUT2D eigenvalue weighted by Gasteiger charge is 2.20. The van der Waals surface area contributed by atoms with E-state index >= 15 is 0 Å². The second kappa shape index (κ2) is 2.77. The zero-order valence-corrected chi connectivity index (χ0v) is 5.35. The van der Waals surface area contributed by atoms with Crippen LogP contribution in [0, 0.1) is 0 Å². The standard InChI is InChI=1S/C4H8B2P/c5-7-3-6-4-1-2-4/h4,7H,1-3H2. The Hall–Kier alpha value is 0.560. The van der Waals surface area contributed by atoms with Gasteiger partial charge in [-0.3, -0.25) is 0 Å². The van der Waals surface area contributed by atoms with Crippen molar-refractivity contribution >= 4 is 23.3 Å². The molecule has 1 aliphatic rings. The summed E-state index contributed by atoms with van der Waals surface area (Å²) >= 11 is 0. The lowest BCUT2D eigenvalue weighted by Gasteiger charge is -1.86. The zero-order chi connectivity index (χ0) is 5.11. The molecule has 0 spiro atoms. The van der Waals surface area contributed by atoms with Gasteiger partial charge in [0, 0.05) is 0 Å². The van der Waals surface area contributed by atoms with E-state index < -0.39 is 0 Å². The van der Waals surface area contributed by atoms with Gasteiger partial charge in [-0.15, -0.1) is 0 Å². The Balaban J connectivity index is 1.80. The summed E-state index contributed by atoms with van der Waals surface area (Å²) in [5, 5.41) is 0. The monoisotopic (exact) mass is 109 g/mol. The summed E-state index contributed by atoms with van der Waals surface area (Å²) in [6.07, 6.45) is 2.84. The average molecular weight is 109 g/mol. The Morgan fingerprint density at radius 1 is 1.71 bits per heavy atom. The molecule has 0 N–H and O–H groups in total. The van der Waals surface area contributed by atoms with Crippen LogP contribution < -0.4 is 0 Å². The van der Waals surface area contributed by atoms with Crippen molar-refractivity contribution in [2.45, 2.75) is 18.7 Å². The van der Waals surface area contributed by atoms with Crippen molar-refractivity contribution in [3.05, 3.63) is 0 Å². The molecule has 3 radical (unpaired) electrons. The van der Waals surface area contributed by atoms with E-state index in [-0.39, 0.29) is 0 Å². The third-order valence-corrected chi connectivity index (χ3v) is 1.66. The lowest BCUT2D eigenvalue weighted by Crippen LogP contribution is -1.89. The second-order valence-electron chi connectivity index (χ2n) is 1.98. The quantitative estimate of drug-likeness (QED) is 0.374. The lowest BCUT2D eigenvalue weighted by molar-refractivity contribution is 1.44. The fourth-order valence-corrected chi connectivity index (χ4v) is 1.04. The Bertz CT molecular complexity index is 53.7. The Labute approximate surface area is 48.8 Å². The average Bonchev–Trinajstić information content (AvgIpc) is 2.42. The van der Waals surface area contributed by atoms with E-state index in [4.69, 9.17) is 7.57 Å². The molecule has 0 saturated heterocycles. The van der Waals surface area contributed by atoms with Gasteiger partial charge in [0.25, 0.3) is 0 Å². The normalized spacial score (nSPS) is 21.1. The van der Waals surface area contributed by atoms with E-state index in [1.807, 2.05) is 0 Å². The largest absolute Gasteiger partial charge is 0.180 e. The maximum atomic E-state index is 5.30. The summed E-state index contributed by atoms with van der Waals surface area (Å²) in [5.74, 6) is 0.955. The summed E-state index contributed by atoms with van der Waals surface area (Å²) in [6, 6.07) is 1.14. The van der Waals surface area contributed by atoms with Gasteiger partial charge in [0.2, 0.25) is 0 Å². The van der Waals surface area contributed by atoms with Gasteiger partial charge in [-0.2, -0.15) is 8.46 Å². The molecule has 1 rings (SSSR count). The second-order valence-corrected chi connectivity index (χ2v) is 2.80. The summed E-state index contributed by atoms with van der Waals surface area (Å²) in [7, 11) is 8.28. The topological polar surface area (TPSA) is 0 Å². The molecule has 0 aromatic heterocycles. The molecule has 1 atom stereocenters. The first-order chi connectivity index (χ1) is 3.43. The van der Waals surface area contributed by atoms with Crippen LogP contribution in [-0.4, -0.2) is 20.9 Å². The molecule has 1 fully saturated rings. The lowest BCUT2D eigenvalue weighted by atomic mass is 9.75. The van der Waals surface area contributed by atoms with E-state index in [9.17, 15) is 0 Å². The van der Waals surface area contributed by atoms with Crippen molar-refractivity contribution < 1.29 is 0 Å². The van der Waals surface area contributed by atoms with E-state index in [0.717, 1.165) is 11.9 Å². The number of hydrogen-bond donors (Lipinski definition) is 0. The predicted octanol–water partition coefficient (Wildman–Crippen LogP) is 0.992. The fraction of sp³-hybridized carbons (Fsp3) is 1.00. The molecular formula is C4H8B2P. The van der Waals surface area contributed by atoms with Crippen molar-refractivity contribution in [1.82, 2.24) is 0 Å². The molecule has 1 saturated carbocycles. The summed E-state index contributed by atoms with van der Waals surface area (Å²) < 4.78 is 0. The van der Waals surface area contributed by atoms with Crippen LogP contribution in [-0.2, 0) is 0 Å². The SMILES string of the molecule is [B]PC[B]C1CC1. The Morgan fingerprint density at radius 3 is 2.86 bits per heavy atom. The zero-order valence-electron chi connectivity index (χ0n) is 4.35. The van der Waals surface area contributed by atoms with E-state index in [2.05, 4.69) is 7.28 Å². The number of rotatable bonds is 3. The van der Waals surface area contributed by atoms with Crippen LogP contribution in [0.4, 0.5) is 0 Å². The Kier molecular flexibility index (Phi) is 2.25. The van der Waals surface area contributed by atoms with Gasteiger partial charge in [0.15, 0.2) is 0 Å². The smallest absolute Gasteiger partial charge is 0.117 e. The van der Waals surface area contributed by atoms with Gasteiger partial charge in [0.1, 0.15) is 14.8 Å². The van der Waals surface area contributed by atoms with Crippen LogP contribution in [0.1, 0.15) is 12.8 Å². The van der Waals surface area contributed by atoms with Gasteiger partial charge in [-0.25, -0.2) is 0 Å². The summed E-state index contributed by atoms with van der Waals surface area (Å²) in [5.41, 5.74) is 0. The van der Waals surface area contributed by atoms with Gasteiger partial charge in [-0.05, 0) is 0 Å². The van der Waals surface area contributed by atoms with Crippen LogP contribution in [0.5, 0.6) is 0 Å². The molecule has 0 amide bonds. The highest BCUT2D eigenvalue weighted by Crippen LogP contribution is 2.35. The highest BCUT2D eigenvalue weighted by atomic mass is 31.1. The van der Waals surface area contributed by atoms with E-state index in [1.165, 1.54) is 12.8 Å². The molecule has 0 nitrogen and oxygen atoms in total. The first kappa shape index (κ1) is 5.69. The van der Waals surface area contributed by atoms with Crippen LogP contribution in [0.15, 0.2) is 0 Å². The van der Waals surface area contributed by atoms with Crippen molar-refractivity contribution in [1.29, 1.82) is 0 Å². The van der Waals surface area contributed by atoms with Crippen molar-refractivity contribution in [3.8, 4) is 0 Å². The van der Waals surface area contributed by atoms with Crippen molar-refractivity contribution in [2.24, 2.45) is 0 Å². The number of hydrogen-bond acceptors (Lipinski definition) is 0. The molecule has 1 aliphatic carbocycles. The Morgan fingerprint density at radius 2 is 2.43 bits per heavy atom. The first-order valence-electron chi connectivity index (χ1n) is 2.70. The predicted molar refractivity (Wildman–Crippen MR) is 37.7 cm³/mol. The summed E-state index contributed by atoms with van der Waals surface area (Å²) in [4.78, 5) is 0. The molecule has 7 heavy (non-hydrogen) atoms. The molecule has 35 valence electrons. The minimum atomic E-state index is 0.635. The highest BCUT2D eigenvalue weighted by molar-refractivity contribution is 7.67. The van der Waals surface area contributed by atoms with Crippen LogP contribution in [0.25, 0.3) is 0 Å². The summed E-state index contributed by atoms with van der Waals surface area (Å²) in [6.45, 7) is 0. The molecule has 0 aromatic rings. The minimum absolute atomic E-state index is 0.635. The minimum Gasteiger partial charge on any atom is -0.180 e. The van der Waals surface area contributed by atoms with Crippen LogP contribution in [0.3, 0.4) is 0 Å². The maximum absolute atomic E-state index is 5.30. The molecular weight excluding hydrogens is 101 g/mol. The molecule has 1 unspecified atom stereocenters. The molecule has 0 aliphatic heterocycles. The van der Waals surface area contributed by atoms with E-state index in [0.29, 0.717) is 8.46 Å². The van der Waals surface area contributed by atoms with Gasteiger partial charge in [0.05, 0.1) is 0 Å². The molecule has 0 bridgehead atoms. The van der Waals surface area contributed by atoms with Gasteiger partial charge >= 0.3 is 0 Å². The molecule has 0 aromatic carbocycles. The van der Waals surface area contributed by atoms with E-state index in [1.54, 1.807) is 0 Å². The van der Waals surface area contributed by atoms with Gasteiger partial charge in [-0.1, -0.05) is 24.7 Å². The molecule has 0 heterocycles. The third kappa shape index (κ3) is 2.39. The van der Waals surface area contributed by atoms with Crippen molar-refractivity contribution in [3.63, 3.8) is 0 Å². The fourth-order valence-electron chi connectivity index (χ4n) is 0.567. The van der Waals surface area contributed by atoms with Crippen molar-refractivity contribution in [2.75, 3.05) is 6.06 Å². The first-order valence-corrected chi connectivity index (χ1v) is 3.98. The maximum Gasteiger partial charge on any atom is 0.117 e. The van der Waals surface area contributed by atoms with Crippen LogP contribution >= 0.6 is 8.46 Å². The molecule has 3 heteroatoms. The van der Waals surface area contributed by atoms with Crippen LogP contribution in [0.2, 0.25) is 5.82 Å². The third-order valence-electron chi connectivity index (χ3n) is 1.19.